The number of hydrogen-bond acceptors (Lipinski definition) is 2. The van der Waals surface area contributed by atoms with Crippen molar-refractivity contribution < 1.29 is 4.74 Å². The summed E-state index contributed by atoms with van der Waals surface area (Å²) in [5.41, 5.74) is 4.77. The number of benzene rings is 4. The second kappa shape index (κ2) is 7.94. The van der Waals surface area contributed by atoms with Gasteiger partial charge in [-0.05, 0) is 23.3 Å². The van der Waals surface area contributed by atoms with Gasteiger partial charge in [0.1, 0.15) is 6.10 Å². The van der Waals surface area contributed by atoms with Crippen molar-refractivity contribution in [2.45, 2.75) is 18.4 Å². The van der Waals surface area contributed by atoms with E-state index in [4.69, 9.17) is 4.74 Å². The predicted octanol–water partition coefficient (Wildman–Crippen LogP) is 6.70. The summed E-state index contributed by atoms with van der Waals surface area (Å²) in [5.74, 6) is 0. The predicted molar refractivity (Wildman–Crippen MR) is 118 cm³/mol. The van der Waals surface area contributed by atoms with Gasteiger partial charge < -0.3 is 9.64 Å². The molecule has 0 N–H and O–H groups in total. The van der Waals surface area contributed by atoms with E-state index in [1.807, 2.05) is 0 Å². The van der Waals surface area contributed by atoms with Gasteiger partial charge in [-0.25, -0.2) is 0 Å². The maximum absolute atomic E-state index is 6.79. The second-order valence-electron chi connectivity index (χ2n) is 7.33. The summed E-state index contributed by atoms with van der Waals surface area (Å²) in [7, 11) is 0. The highest BCUT2D eigenvalue weighted by atomic mass is 16.5. The Kier molecular flexibility index (Phi) is 4.85. The summed E-state index contributed by atoms with van der Waals surface area (Å²) < 4.78 is 6.79. The highest BCUT2D eigenvalue weighted by Crippen LogP contribution is 2.52. The monoisotopic (exact) mass is 377 g/mol. The van der Waals surface area contributed by atoms with E-state index < -0.39 is 0 Å². The van der Waals surface area contributed by atoms with Crippen LogP contribution in [0.1, 0.15) is 35.1 Å². The molecule has 1 aliphatic rings. The summed E-state index contributed by atoms with van der Waals surface area (Å²) in [6.07, 6.45) is -0.224. The lowest BCUT2D eigenvalue weighted by Gasteiger charge is -2.31. The molecule has 0 spiro atoms. The van der Waals surface area contributed by atoms with Crippen molar-refractivity contribution in [1.29, 1.82) is 0 Å². The van der Waals surface area contributed by atoms with Crippen LogP contribution in [0.25, 0.3) is 0 Å². The summed E-state index contributed by atoms with van der Waals surface area (Å²) in [6.45, 7) is 0. The first kappa shape index (κ1) is 17.7. The average molecular weight is 377 g/mol. The third-order valence-electron chi connectivity index (χ3n) is 5.52. The Labute approximate surface area is 172 Å². The molecule has 0 aliphatic carbocycles. The molecule has 0 bridgehead atoms. The van der Waals surface area contributed by atoms with E-state index in [0.29, 0.717) is 0 Å². The van der Waals surface area contributed by atoms with Crippen LogP contribution in [0.15, 0.2) is 121 Å². The van der Waals surface area contributed by atoms with Crippen LogP contribution in [0.3, 0.4) is 0 Å². The Morgan fingerprint density at radius 3 is 1.48 bits per heavy atom. The smallest absolute Gasteiger partial charge is 0.158 e. The Hall–Kier alpha value is -3.36. The van der Waals surface area contributed by atoms with Gasteiger partial charge in [-0.15, -0.1) is 0 Å². The fourth-order valence-corrected chi connectivity index (χ4v) is 4.21. The van der Waals surface area contributed by atoms with Gasteiger partial charge >= 0.3 is 0 Å². The molecule has 0 saturated carbocycles. The molecule has 0 unspecified atom stereocenters. The minimum absolute atomic E-state index is 0.0657. The van der Waals surface area contributed by atoms with E-state index in [0.717, 1.165) is 11.3 Å². The van der Waals surface area contributed by atoms with E-state index in [-0.39, 0.29) is 18.4 Å². The Morgan fingerprint density at radius 2 is 0.931 bits per heavy atom. The molecule has 4 aromatic rings. The summed E-state index contributed by atoms with van der Waals surface area (Å²) >= 11 is 0. The normalized spacial score (nSPS) is 21.2. The van der Waals surface area contributed by atoms with Gasteiger partial charge in [0.15, 0.2) is 6.23 Å². The maximum atomic E-state index is 6.79. The summed E-state index contributed by atoms with van der Waals surface area (Å²) in [5, 5.41) is 0. The summed E-state index contributed by atoms with van der Waals surface area (Å²) in [4.78, 5) is 2.42. The number of ether oxygens (including phenoxy) is 1. The van der Waals surface area contributed by atoms with Gasteiger partial charge in [0.2, 0.25) is 0 Å². The quantitative estimate of drug-likeness (QED) is 0.392. The van der Waals surface area contributed by atoms with Crippen LogP contribution < -0.4 is 4.90 Å². The minimum atomic E-state index is -0.158. The van der Waals surface area contributed by atoms with Gasteiger partial charge in [0.05, 0.1) is 6.04 Å². The first-order valence-electron chi connectivity index (χ1n) is 10.1. The highest BCUT2D eigenvalue weighted by Gasteiger charge is 2.44. The van der Waals surface area contributed by atoms with E-state index in [2.05, 4.69) is 126 Å². The molecule has 0 amide bonds. The molecule has 142 valence electrons. The van der Waals surface area contributed by atoms with Gasteiger partial charge in [-0.1, -0.05) is 109 Å². The van der Waals surface area contributed by atoms with Crippen molar-refractivity contribution in [2.24, 2.45) is 0 Å². The van der Waals surface area contributed by atoms with Gasteiger partial charge in [-0.3, -0.25) is 0 Å². The van der Waals surface area contributed by atoms with Crippen LogP contribution in [-0.4, -0.2) is 0 Å². The van der Waals surface area contributed by atoms with Crippen molar-refractivity contribution in [1.82, 2.24) is 0 Å². The van der Waals surface area contributed by atoms with Gasteiger partial charge in [0.25, 0.3) is 0 Å². The topological polar surface area (TPSA) is 12.5 Å². The zero-order valence-corrected chi connectivity index (χ0v) is 16.1. The van der Waals surface area contributed by atoms with Crippen LogP contribution >= 0.6 is 0 Å². The molecular formula is C27H23NO. The van der Waals surface area contributed by atoms with Crippen molar-refractivity contribution >= 4 is 5.69 Å². The first-order chi connectivity index (χ1) is 14.4. The number of hydrogen-bond donors (Lipinski definition) is 0. The number of anilines is 1. The van der Waals surface area contributed by atoms with Crippen molar-refractivity contribution in [3.05, 3.63) is 138 Å². The third kappa shape index (κ3) is 3.43. The van der Waals surface area contributed by atoms with Crippen molar-refractivity contribution in [2.75, 3.05) is 4.90 Å². The molecule has 1 aliphatic heterocycles. The fourth-order valence-electron chi connectivity index (χ4n) is 4.21. The Morgan fingerprint density at radius 1 is 0.483 bits per heavy atom. The molecule has 2 heteroatoms. The molecule has 5 rings (SSSR count). The molecule has 0 radical (unpaired) electrons. The molecule has 3 atom stereocenters. The largest absolute Gasteiger partial charge is 0.344 e. The minimum Gasteiger partial charge on any atom is -0.344 e. The molecule has 1 saturated heterocycles. The highest BCUT2D eigenvalue weighted by molar-refractivity contribution is 5.53. The van der Waals surface area contributed by atoms with Gasteiger partial charge in [0, 0.05) is 11.3 Å². The van der Waals surface area contributed by atoms with Crippen LogP contribution in [-0.2, 0) is 4.74 Å². The standard InChI is InChI=1S/C27H23NO/c1-5-13-21(14-6-1)25-26(22-15-7-2-8-16-22)29-27(23-17-9-3-10-18-23)28(25)24-19-11-4-12-20-24/h1-20,25-27H/t25-,26-,27-/m0/s1. The molecule has 1 fully saturated rings. The maximum Gasteiger partial charge on any atom is 0.158 e. The van der Waals surface area contributed by atoms with Gasteiger partial charge in [-0.2, -0.15) is 0 Å². The van der Waals surface area contributed by atoms with Crippen molar-refractivity contribution in [3.63, 3.8) is 0 Å². The second-order valence-corrected chi connectivity index (χ2v) is 7.33. The van der Waals surface area contributed by atoms with Crippen LogP contribution in [0.5, 0.6) is 0 Å². The molecule has 29 heavy (non-hydrogen) atoms. The Bertz CT molecular complexity index is 948. The zero-order chi connectivity index (χ0) is 19.5. The molecule has 2 nitrogen and oxygen atoms in total. The van der Waals surface area contributed by atoms with Crippen molar-refractivity contribution in [3.8, 4) is 0 Å². The number of nitrogens with zero attached hydrogens (tertiary/aromatic N) is 1. The lowest BCUT2D eigenvalue weighted by atomic mass is 9.95. The fraction of sp³-hybridized carbons (Fsp3) is 0.111. The Balaban J connectivity index is 1.69. The number of para-hydroxylation sites is 1. The van der Waals surface area contributed by atoms with E-state index in [1.165, 1.54) is 11.1 Å². The lowest BCUT2D eigenvalue weighted by Crippen LogP contribution is -2.27. The number of rotatable bonds is 4. The van der Waals surface area contributed by atoms with Crippen LogP contribution in [0.4, 0.5) is 5.69 Å². The SMILES string of the molecule is c1ccc([C@@H]2O[C@@H](c3ccccc3)N(c3ccccc3)[C@H]2c2ccccc2)cc1. The lowest BCUT2D eigenvalue weighted by molar-refractivity contribution is 0.0404. The molecule has 0 aromatic heterocycles. The van der Waals surface area contributed by atoms with E-state index in [1.54, 1.807) is 0 Å². The third-order valence-corrected chi connectivity index (χ3v) is 5.52. The van der Waals surface area contributed by atoms with E-state index >= 15 is 0 Å². The first-order valence-corrected chi connectivity index (χ1v) is 10.1. The van der Waals surface area contributed by atoms with E-state index in [9.17, 15) is 0 Å². The van der Waals surface area contributed by atoms with Crippen LogP contribution in [0, 0.1) is 0 Å². The molecule has 1 heterocycles. The van der Waals surface area contributed by atoms with Crippen LogP contribution in [0.2, 0.25) is 0 Å². The zero-order valence-electron chi connectivity index (χ0n) is 16.1. The average Bonchev–Trinajstić information content (AvgIpc) is 3.22. The molecular weight excluding hydrogens is 354 g/mol. The molecule has 4 aromatic carbocycles. The summed E-state index contributed by atoms with van der Waals surface area (Å²) in [6, 6.07) is 42.4.